The van der Waals surface area contributed by atoms with Gasteiger partial charge in [-0.05, 0) is 31.4 Å². The molecule has 0 saturated carbocycles. The van der Waals surface area contributed by atoms with Gasteiger partial charge in [0.05, 0.1) is 0 Å². The van der Waals surface area contributed by atoms with Crippen LogP contribution in [-0.2, 0) is 0 Å². The lowest BCUT2D eigenvalue weighted by Gasteiger charge is -2.26. The number of hydrogen-bond donors (Lipinski definition) is 1. The Kier molecular flexibility index (Phi) is 6.13. The summed E-state index contributed by atoms with van der Waals surface area (Å²) in [7, 11) is 0. The maximum absolute atomic E-state index is 5.84. The van der Waals surface area contributed by atoms with Crippen molar-refractivity contribution < 1.29 is 0 Å². The van der Waals surface area contributed by atoms with Crippen LogP contribution in [0.25, 0.3) is 0 Å². The predicted octanol–water partition coefficient (Wildman–Crippen LogP) is 3.36. The third kappa shape index (κ3) is 3.98. The highest BCUT2D eigenvalue weighted by Crippen LogP contribution is 2.18. The second-order valence-electron chi connectivity index (χ2n) is 4.96. The zero-order valence-electron chi connectivity index (χ0n) is 12.2. The molecular formula is C15H27N3. The molecule has 0 aliphatic rings. The molecule has 1 aromatic heterocycles. The number of aromatic nitrogens is 1. The molecule has 0 aliphatic carbocycles. The van der Waals surface area contributed by atoms with Crippen molar-refractivity contribution in [2.45, 2.75) is 46.6 Å². The minimum absolute atomic E-state index is 0.0562. The lowest BCUT2D eigenvalue weighted by molar-refractivity contribution is 0.484. The van der Waals surface area contributed by atoms with Gasteiger partial charge in [0.25, 0.3) is 0 Å². The second kappa shape index (κ2) is 7.37. The fourth-order valence-corrected chi connectivity index (χ4v) is 2.10. The molecule has 0 radical (unpaired) electrons. The Morgan fingerprint density at radius 1 is 1.22 bits per heavy atom. The normalized spacial score (nSPS) is 12.8. The Morgan fingerprint density at radius 2 is 1.89 bits per heavy atom. The van der Waals surface area contributed by atoms with Gasteiger partial charge in [-0.3, -0.25) is 0 Å². The average molecular weight is 249 g/mol. The minimum Gasteiger partial charge on any atom is -0.357 e. The molecular weight excluding hydrogens is 222 g/mol. The molecule has 0 saturated heterocycles. The lowest BCUT2D eigenvalue weighted by Crippen LogP contribution is -2.29. The molecule has 102 valence electrons. The van der Waals surface area contributed by atoms with Gasteiger partial charge in [-0.15, -0.1) is 0 Å². The van der Waals surface area contributed by atoms with Crippen molar-refractivity contribution in [2.75, 3.05) is 18.0 Å². The highest BCUT2D eigenvalue weighted by molar-refractivity contribution is 5.39. The fourth-order valence-electron chi connectivity index (χ4n) is 2.10. The van der Waals surface area contributed by atoms with Crippen molar-refractivity contribution in [1.82, 2.24) is 4.98 Å². The molecule has 18 heavy (non-hydrogen) atoms. The molecule has 1 atom stereocenters. The largest absolute Gasteiger partial charge is 0.357 e. The number of anilines is 1. The maximum atomic E-state index is 5.84. The van der Waals surface area contributed by atoms with Gasteiger partial charge in [-0.25, -0.2) is 4.98 Å². The molecule has 0 aliphatic heterocycles. The number of pyridine rings is 1. The molecule has 3 heteroatoms. The van der Waals surface area contributed by atoms with Crippen LogP contribution in [0.1, 0.15) is 52.1 Å². The predicted molar refractivity (Wildman–Crippen MR) is 78.8 cm³/mol. The highest BCUT2D eigenvalue weighted by atomic mass is 15.2. The van der Waals surface area contributed by atoms with Crippen LogP contribution in [0.4, 0.5) is 5.82 Å². The van der Waals surface area contributed by atoms with Crippen LogP contribution >= 0.6 is 0 Å². The maximum Gasteiger partial charge on any atom is 0.128 e. The van der Waals surface area contributed by atoms with Crippen LogP contribution in [0.3, 0.4) is 0 Å². The topological polar surface area (TPSA) is 42.1 Å². The minimum atomic E-state index is 0.0562. The van der Waals surface area contributed by atoms with E-state index in [0.29, 0.717) is 0 Å². The molecule has 0 aromatic carbocycles. The van der Waals surface area contributed by atoms with Crippen LogP contribution in [0.5, 0.6) is 0 Å². The molecule has 1 aromatic rings. The number of nitrogens with two attached hydrogens (primary N) is 1. The van der Waals surface area contributed by atoms with E-state index in [0.717, 1.165) is 30.4 Å². The van der Waals surface area contributed by atoms with E-state index >= 15 is 0 Å². The zero-order valence-corrected chi connectivity index (χ0v) is 12.2. The van der Waals surface area contributed by atoms with Gasteiger partial charge in [0.1, 0.15) is 5.82 Å². The van der Waals surface area contributed by atoms with Crippen LogP contribution in [0.2, 0.25) is 0 Å². The molecule has 0 bridgehead atoms. The summed E-state index contributed by atoms with van der Waals surface area (Å²) < 4.78 is 0. The first-order valence-corrected chi connectivity index (χ1v) is 7.08. The third-order valence-electron chi connectivity index (χ3n) is 3.64. The van der Waals surface area contributed by atoms with Crippen LogP contribution in [-0.4, -0.2) is 18.1 Å². The Balaban J connectivity index is 2.75. The lowest BCUT2D eigenvalue weighted by atomic mass is 10.0. The number of nitrogens with zero attached hydrogens (tertiary/aromatic N) is 2. The molecule has 1 unspecified atom stereocenters. The molecule has 1 heterocycles. The van der Waals surface area contributed by atoms with Gasteiger partial charge < -0.3 is 10.6 Å². The third-order valence-corrected chi connectivity index (χ3v) is 3.64. The van der Waals surface area contributed by atoms with Crippen LogP contribution in [0, 0.1) is 5.92 Å². The summed E-state index contributed by atoms with van der Waals surface area (Å²) >= 11 is 0. The van der Waals surface area contributed by atoms with Gasteiger partial charge in [-0.2, -0.15) is 0 Å². The average Bonchev–Trinajstić information content (AvgIpc) is 2.40. The Morgan fingerprint density at radius 3 is 2.28 bits per heavy atom. The van der Waals surface area contributed by atoms with E-state index < -0.39 is 0 Å². The van der Waals surface area contributed by atoms with Crippen molar-refractivity contribution in [3.63, 3.8) is 0 Å². The molecule has 0 fully saturated rings. The van der Waals surface area contributed by atoms with Gasteiger partial charge >= 0.3 is 0 Å². The van der Waals surface area contributed by atoms with E-state index in [1.807, 2.05) is 13.1 Å². The molecule has 0 spiro atoms. The Hall–Kier alpha value is -1.09. The van der Waals surface area contributed by atoms with E-state index in [2.05, 4.69) is 42.8 Å². The van der Waals surface area contributed by atoms with Crippen molar-refractivity contribution in [1.29, 1.82) is 0 Å². The summed E-state index contributed by atoms with van der Waals surface area (Å²) in [5.74, 6) is 1.81. The summed E-state index contributed by atoms with van der Waals surface area (Å²) in [4.78, 5) is 6.89. The highest BCUT2D eigenvalue weighted by Gasteiger charge is 2.12. The zero-order chi connectivity index (χ0) is 13.5. The molecule has 1 rings (SSSR count). The van der Waals surface area contributed by atoms with E-state index in [1.165, 1.54) is 12.8 Å². The monoisotopic (exact) mass is 249 g/mol. The summed E-state index contributed by atoms with van der Waals surface area (Å²) in [6, 6.07) is 4.23. The standard InChI is InChI=1S/C15H27N3/c1-5-13(6-2)11-18(7-3)15-9-8-14(10-17-15)12(4)16/h8-10,12-13H,5-7,11,16H2,1-4H3. The summed E-state index contributed by atoms with van der Waals surface area (Å²) in [5, 5.41) is 0. The van der Waals surface area contributed by atoms with Gasteiger partial charge in [0.2, 0.25) is 0 Å². The summed E-state index contributed by atoms with van der Waals surface area (Å²) in [6.07, 6.45) is 4.35. The first-order chi connectivity index (χ1) is 8.62. The number of rotatable bonds is 7. The second-order valence-corrected chi connectivity index (χ2v) is 4.96. The van der Waals surface area contributed by atoms with Crippen LogP contribution in [0.15, 0.2) is 18.3 Å². The Labute approximate surface area is 111 Å². The quantitative estimate of drug-likeness (QED) is 0.805. The van der Waals surface area contributed by atoms with Gasteiger partial charge in [0.15, 0.2) is 0 Å². The fraction of sp³-hybridized carbons (Fsp3) is 0.667. The first-order valence-electron chi connectivity index (χ1n) is 7.08. The number of hydrogen-bond acceptors (Lipinski definition) is 3. The van der Waals surface area contributed by atoms with E-state index in [-0.39, 0.29) is 6.04 Å². The molecule has 0 amide bonds. The van der Waals surface area contributed by atoms with Crippen molar-refractivity contribution in [2.24, 2.45) is 11.7 Å². The summed E-state index contributed by atoms with van der Waals surface area (Å²) in [6.45, 7) is 10.8. The first kappa shape index (κ1) is 15.0. The van der Waals surface area contributed by atoms with Gasteiger partial charge in [0, 0.05) is 25.3 Å². The SMILES string of the molecule is CCC(CC)CN(CC)c1ccc(C(C)N)cn1. The molecule has 3 nitrogen and oxygen atoms in total. The molecule has 2 N–H and O–H groups in total. The van der Waals surface area contributed by atoms with Crippen molar-refractivity contribution >= 4 is 5.82 Å². The van der Waals surface area contributed by atoms with E-state index in [9.17, 15) is 0 Å². The van der Waals surface area contributed by atoms with E-state index in [1.54, 1.807) is 0 Å². The van der Waals surface area contributed by atoms with Crippen molar-refractivity contribution in [3.05, 3.63) is 23.9 Å². The van der Waals surface area contributed by atoms with Gasteiger partial charge in [-0.1, -0.05) is 32.8 Å². The summed E-state index contributed by atoms with van der Waals surface area (Å²) in [5.41, 5.74) is 6.94. The Bertz CT molecular complexity index is 328. The smallest absolute Gasteiger partial charge is 0.128 e. The van der Waals surface area contributed by atoms with E-state index in [4.69, 9.17) is 5.73 Å². The van der Waals surface area contributed by atoms with Crippen LogP contribution < -0.4 is 10.6 Å². The van der Waals surface area contributed by atoms with Crippen molar-refractivity contribution in [3.8, 4) is 0 Å².